The van der Waals surface area contributed by atoms with Gasteiger partial charge in [0.2, 0.25) is 0 Å². The summed E-state index contributed by atoms with van der Waals surface area (Å²) in [6.07, 6.45) is 2.50. The van der Waals surface area contributed by atoms with Gasteiger partial charge in [-0.1, -0.05) is 5.16 Å². The Morgan fingerprint density at radius 1 is 1.60 bits per heavy atom. The highest BCUT2D eigenvalue weighted by Crippen LogP contribution is 2.19. The van der Waals surface area contributed by atoms with Gasteiger partial charge in [0.1, 0.15) is 12.3 Å². The summed E-state index contributed by atoms with van der Waals surface area (Å²) in [6.45, 7) is 0.461. The molecule has 1 aliphatic rings. The third-order valence-electron chi connectivity index (χ3n) is 2.46. The predicted octanol–water partition coefficient (Wildman–Crippen LogP) is 0.364. The number of carbonyl (C=O) groups is 2. The largest absolute Gasteiger partial charge is 0.480 e. The summed E-state index contributed by atoms with van der Waals surface area (Å²) in [6, 6.07) is 0.703. The van der Waals surface area contributed by atoms with E-state index in [0.717, 1.165) is 0 Å². The third-order valence-corrected chi connectivity index (χ3v) is 2.46. The average molecular weight is 210 g/mol. The molecule has 0 radical (unpaired) electrons. The number of carboxylic acids is 1. The summed E-state index contributed by atoms with van der Waals surface area (Å²) in [7, 11) is 0. The zero-order valence-corrected chi connectivity index (χ0v) is 7.92. The second-order valence-electron chi connectivity index (χ2n) is 3.38. The lowest BCUT2D eigenvalue weighted by Gasteiger charge is -2.19. The summed E-state index contributed by atoms with van der Waals surface area (Å²) in [5, 5.41) is 12.4. The van der Waals surface area contributed by atoms with E-state index in [0.29, 0.717) is 19.4 Å². The van der Waals surface area contributed by atoms with Crippen molar-refractivity contribution in [2.75, 3.05) is 6.54 Å². The van der Waals surface area contributed by atoms with E-state index in [1.54, 1.807) is 0 Å². The summed E-state index contributed by atoms with van der Waals surface area (Å²) in [5.74, 6) is -1.35. The number of amides is 1. The van der Waals surface area contributed by atoms with Crippen LogP contribution in [0.3, 0.4) is 0 Å². The summed E-state index contributed by atoms with van der Waals surface area (Å²) in [4.78, 5) is 23.9. The fourth-order valence-electron chi connectivity index (χ4n) is 1.74. The Labute approximate surface area is 85.5 Å². The Balaban J connectivity index is 2.17. The smallest absolute Gasteiger partial charge is 0.326 e. The predicted molar refractivity (Wildman–Crippen MR) is 48.2 cm³/mol. The molecule has 80 valence electrons. The second-order valence-corrected chi connectivity index (χ2v) is 3.38. The van der Waals surface area contributed by atoms with Crippen molar-refractivity contribution in [1.82, 2.24) is 10.1 Å². The van der Waals surface area contributed by atoms with Gasteiger partial charge >= 0.3 is 5.97 Å². The lowest BCUT2D eigenvalue weighted by molar-refractivity contribution is -0.141. The Morgan fingerprint density at radius 2 is 2.40 bits per heavy atom. The standard InChI is InChI=1S/C9H10N2O4/c12-8(6-3-5-15-10-6)11-4-1-2-7(11)9(13)14/h3,5,7H,1-2,4H2,(H,13,14)/t7-/m0/s1. The van der Waals surface area contributed by atoms with Gasteiger partial charge < -0.3 is 14.5 Å². The molecule has 1 atom stereocenters. The van der Waals surface area contributed by atoms with Crippen LogP contribution in [0.4, 0.5) is 0 Å². The van der Waals surface area contributed by atoms with Crippen LogP contribution in [-0.2, 0) is 4.79 Å². The number of aliphatic carboxylic acids is 1. The van der Waals surface area contributed by atoms with Crippen LogP contribution in [0, 0.1) is 0 Å². The number of rotatable bonds is 2. The quantitative estimate of drug-likeness (QED) is 0.762. The molecule has 0 aromatic carbocycles. The minimum atomic E-state index is -0.968. The second kappa shape index (κ2) is 3.72. The minimum absolute atomic E-state index is 0.156. The van der Waals surface area contributed by atoms with Gasteiger partial charge in [0, 0.05) is 12.6 Å². The topological polar surface area (TPSA) is 83.6 Å². The molecule has 0 bridgehead atoms. The van der Waals surface area contributed by atoms with Crippen LogP contribution in [0.5, 0.6) is 0 Å². The summed E-state index contributed by atoms with van der Waals surface area (Å²) >= 11 is 0. The van der Waals surface area contributed by atoms with Crippen LogP contribution >= 0.6 is 0 Å². The van der Waals surface area contributed by atoms with E-state index in [2.05, 4.69) is 9.68 Å². The van der Waals surface area contributed by atoms with Crippen LogP contribution in [0.2, 0.25) is 0 Å². The Morgan fingerprint density at radius 3 is 3.00 bits per heavy atom. The zero-order chi connectivity index (χ0) is 10.8. The molecule has 6 heteroatoms. The molecule has 6 nitrogen and oxygen atoms in total. The van der Waals surface area contributed by atoms with Gasteiger partial charge in [0.25, 0.3) is 5.91 Å². The van der Waals surface area contributed by atoms with Crippen molar-refractivity contribution in [3.8, 4) is 0 Å². The molecule has 1 N–H and O–H groups in total. The highest BCUT2D eigenvalue weighted by molar-refractivity contribution is 5.95. The van der Waals surface area contributed by atoms with E-state index < -0.39 is 12.0 Å². The van der Waals surface area contributed by atoms with Crippen molar-refractivity contribution >= 4 is 11.9 Å². The monoisotopic (exact) mass is 210 g/mol. The zero-order valence-electron chi connectivity index (χ0n) is 7.92. The highest BCUT2D eigenvalue weighted by Gasteiger charge is 2.35. The van der Waals surface area contributed by atoms with Crippen LogP contribution in [0.15, 0.2) is 16.9 Å². The van der Waals surface area contributed by atoms with E-state index in [1.165, 1.54) is 17.2 Å². The molecule has 1 aromatic rings. The van der Waals surface area contributed by atoms with Crippen molar-refractivity contribution in [3.05, 3.63) is 18.0 Å². The molecule has 1 aromatic heterocycles. The highest BCUT2D eigenvalue weighted by atomic mass is 16.5. The molecule has 0 unspecified atom stereocenters. The summed E-state index contributed by atoms with van der Waals surface area (Å²) in [5.41, 5.74) is 0.156. The third kappa shape index (κ3) is 1.70. The molecule has 0 aliphatic carbocycles. The molecule has 15 heavy (non-hydrogen) atoms. The molecule has 1 fully saturated rings. The molecular weight excluding hydrogens is 200 g/mol. The first-order valence-corrected chi connectivity index (χ1v) is 4.64. The molecule has 0 saturated carbocycles. The van der Waals surface area contributed by atoms with E-state index in [9.17, 15) is 9.59 Å². The van der Waals surface area contributed by atoms with E-state index in [4.69, 9.17) is 5.11 Å². The number of aromatic nitrogens is 1. The number of hydrogen-bond donors (Lipinski definition) is 1. The lowest BCUT2D eigenvalue weighted by Crippen LogP contribution is -2.40. The molecular formula is C9H10N2O4. The van der Waals surface area contributed by atoms with Crippen LogP contribution < -0.4 is 0 Å². The summed E-state index contributed by atoms with van der Waals surface area (Å²) < 4.78 is 4.55. The maximum Gasteiger partial charge on any atom is 0.326 e. The normalized spacial score (nSPS) is 20.5. The Kier molecular flexibility index (Phi) is 2.40. The van der Waals surface area contributed by atoms with Crippen molar-refractivity contribution in [2.24, 2.45) is 0 Å². The fraction of sp³-hybridized carbons (Fsp3) is 0.444. The molecule has 1 aliphatic heterocycles. The Hall–Kier alpha value is -1.85. The number of carbonyl (C=O) groups excluding carboxylic acids is 1. The van der Waals surface area contributed by atoms with Crippen molar-refractivity contribution < 1.29 is 19.2 Å². The van der Waals surface area contributed by atoms with Crippen LogP contribution in [-0.4, -0.2) is 39.6 Å². The van der Waals surface area contributed by atoms with Gasteiger partial charge in [-0.3, -0.25) is 4.79 Å². The van der Waals surface area contributed by atoms with Gasteiger partial charge in [0.05, 0.1) is 0 Å². The van der Waals surface area contributed by atoms with Crippen molar-refractivity contribution in [2.45, 2.75) is 18.9 Å². The number of carboxylic acid groups (broad SMARTS) is 1. The average Bonchev–Trinajstić information content (AvgIpc) is 2.88. The van der Waals surface area contributed by atoms with Gasteiger partial charge in [-0.2, -0.15) is 0 Å². The molecule has 1 saturated heterocycles. The lowest BCUT2D eigenvalue weighted by atomic mass is 10.2. The first-order valence-electron chi connectivity index (χ1n) is 4.64. The van der Waals surface area contributed by atoms with Gasteiger partial charge in [-0.25, -0.2) is 4.79 Å². The Bertz CT molecular complexity index is 373. The van der Waals surface area contributed by atoms with E-state index in [1.807, 2.05) is 0 Å². The van der Waals surface area contributed by atoms with E-state index >= 15 is 0 Å². The maximum absolute atomic E-state index is 11.8. The van der Waals surface area contributed by atoms with Gasteiger partial charge in [-0.15, -0.1) is 0 Å². The first-order chi connectivity index (χ1) is 7.20. The van der Waals surface area contributed by atoms with Gasteiger partial charge in [-0.05, 0) is 12.8 Å². The molecule has 2 rings (SSSR count). The van der Waals surface area contributed by atoms with Crippen molar-refractivity contribution in [3.63, 3.8) is 0 Å². The van der Waals surface area contributed by atoms with Crippen molar-refractivity contribution in [1.29, 1.82) is 0 Å². The first kappa shape index (κ1) is 9.70. The molecule has 2 heterocycles. The van der Waals surface area contributed by atoms with Gasteiger partial charge in [0.15, 0.2) is 5.69 Å². The van der Waals surface area contributed by atoms with Crippen LogP contribution in [0.25, 0.3) is 0 Å². The minimum Gasteiger partial charge on any atom is -0.480 e. The van der Waals surface area contributed by atoms with Crippen LogP contribution in [0.1, 0.15) is 23.3 Å². The van der Waals surface area contributed by atoms with E-state index in [-0.39, 0.29) is 11.6 Å². The molecule has 0 spiro atoms. The number of nitrogens with zero attached hydrogens (tertiary/aromatic N) is 2. The fourth-order valence-corrected chi connectivity index (χ4v) is 1.74. The SMILES string of the molecule is O=C(O)[C@@H]1CCCN1C(=O)c1ccon1. The maximum atomic E-state index is 11.8. The molecule has 1 amide bonds. The number of likely N-dealkylation sites (tertiary alicyclic amines) is 1. The number of hydrogen-bond acceptors (Lipinski definition) is 4.